The average molecular weight is 290 g/mol. The molecule has 1 aromatic rings. The summed E-state index contributed by atoms with van der Waals surface area (Å²) in [7, 11) is 0. The summed E-state index contributed by atoms with van der Waals surface area (Å²) in [4.78, 5) is 25.1. The molecule has 4 nitrogen and oxygen atoms in total. The maximum atomic E-state index is 13.5. The third-order valence-electron chi connectivity index (χ3n) is 3.88. The molecular weight excluding hydrogens is 271 g/mol. The zero-order valence-electron chi connectivity index (χ0n) is 12.0. The number of carbonyl (C=O) groups excluding carboxylic acids is 2. The number of halogens is 1. The van der Waals surface area contributed by atoms with E-state index in [1.54, 1.807) is 23.1 Å². The summed E-state index contributed by atoms with van der Waals surface area (Å²) < 4.78 is 13.5. The lowest BCUT2D eigenvalue weighted by Crippen LogP contribution is -2.48. The third kappa shape index (κ3) is 3.68. The summed E-state index contributed by atoms with van der Waals surface area (Å²) in [5, 5.41) is 0. The molecule has 0 radical (unpaired) electrons. The molecule has 1 aromatic carbocycles. The van der Waals surface area contributed by atoms with Crippen LogP contribution >= 0.6 is 0 Å². The maximum absolute atomic E-state index is 13.5. The first-order chi connectivity index (χ1) is 9.99. The van der Waals surface area contributed by atoms with Crippen molar-refractivity contribution in [2.45, 2.75) is 25.8 Å². The molecule has 2 amide bonds. The van der Waals surface area contributed by atoms with Crippen LogP contribution in [0.3, 0.4) is 0 Å². The van der Waals surface area contributed by atoms with Crippen molar-refractivity contribution < 1.29 is 14.0 Å². The van der Waals surface area contributed by atoms with Gasteiger partial charge >= 0.3 is 0 Å². The quantitative estimate of drug-likeness (QED) is 0.865. The van der Waals surface area contributed by atoms with Crippen molar-refractivity contribution >= 4 is 17.9 Å². The van der Waals surface area contributed by atoms with Gasteiger partial charge < -0.3 is 10.6 Å². The van der Waals surface area contributed by atoms with Gasteiger partial charge in [-0.15, -0.1) is 0 Å². The fraction of sp³-hybridized carbons (Fsp3) is 0.375. The number of hydrogen-bond donors (Lipinski definition) is 1. The van der Waals surface area contributed by atoms with Crippen molar-refractivity contribution in [3.05, 3.63) is 41.7 Å². The van der Waals surface area contributed by atoms with E-state index in [2.05, 4.69) is 0 Å². The minimum absolute atomic E-state index is 0.0540. The standard InChI is InChI=1S/C16H19FN2O2/c1-11-6-7-13(16(18)21)10-19(11)15(20)9-8-12-4-2-3-5-14(12)17/h2-5,8-9,11,13H,6-7,10H2,1H3,(H2,18,21)/b9-8+. The monoisotopic (exact) mass is 290 g/mol. The molecule has 1 aliphatic heterocycles. The summed E-state index contributed by atoms with van der Waals surface area (Å²) in [6, 6.07) is 6.30. The summed E-state index contributed by atoms with van der Waals surface area (Å²) in [6.07, 6.45) is 4.25. The van der Waals surface area contributed by atoms with Gasteiger partial charge in [-0.3, -0.25) is 9.59 Å². The van der Waals surface area contributed by atoms with Gasteiger partial charge in [-0.1, -0.05) is 18.2 Å². The van der Waals surface area contributed by atoms with Crippen LogP contribution < -0.4 is 5.73 Å². The summed E-state index contributed by atoms with van der Waals surface area (Å²) in [5.74, 6) is -1.27. The van der Waals surface area contributed by atoms with Gasteiger partial charge in [-0.05, 0) is 31.9 Å². The van der Waals surface area contributed by atoms with Gasteiger partial charge in [-0.25, -0.2) is 4.39 Å². The van der Waals surface area contributed by atoms with Crippen molar-refractivity contribution in [3.8, 4) is 0 Å². The first kappa shape index (κ1) is 15.2. The van der Waals surface area contributed by atoms with E-state index >= 15 is 0 Å². The topological polar surface area (TPSA) is 63.4 Å². The number of likely N-dealkylation sites (tertiary alicyclic amines) is 1. The van der Waals surface area contributed by atoms with Crippen LogP contribution in [-0.2, 0) is 9.59 Å². The van der Waals surface area contributed by atoms with Gasteiger partial charge in [0, 0.05) is 24.2 Å². The van der Waals surface area contributed by atoms with Crippen LogP contribution in [0.2, 0.25) is 0 Å². The number of piperidine rings is 1. The van der Waals surface area contributed by atoms with E-state index in [9.17, 15) is 14.0 Å². The normalized spacial score (nSPS) is 22.5. The molecule has 0 bridgehead atoms. The van der Waals surface area contributed by atoms with Gasteiger partial charge in [-0.2, -0.15) is 0 Å². The van der Waals surface area contributed by atoms with E-state index in [0.717, 1.165) is 6.42 Å². The van der Waals surface area contributed by atoms with Crippen molar-refractivity contribution in [1.29, 1.82) is 0 Å². The Morgan fingerprint density at radius 1 is 1.33 bits per heavy atom. The largest absolute Gasteiger partial charge is 0.369 e. The Morgan fingerprint density at radius 3 is 2.71 bits per heavy atom. The van der Waals surface area contributed by atoms with Crippen LogP contribution in [0.15, 0.2) is 30.3 Å². The maximum Gasteiger partial charge on any atom is 0.246 e. The molecule has 2 rings (SSSR count). The van der Waals surface area contributed by atoms with Crippen molar-refractivity contribution in [2.24, 2.45) is 11.7 Å². The minimum Gasteiger partial charge on any atom is -0.369 e. The third-order valence-corrected chi connectivity index (χ3v) is 3.88. The zero-order valence-corrected chi connectivity index (χ0v) is 12.0. The number of nitrogens with two attached hydrogens (primary N) is 1. The predicted molar refractivity (Wildman–Crippen MR) is 78.5 cm³/mol. The molecule has 1 heterocycles. The molecule has 5 heteroatoms. The van der Waals surface area contributed by atoms with E-state index in [-0.39, 0.29) is 29.6 Å². The summed E-state index contributed by atoms with van der Waals surface area (Å²) >= 11 is 0. The van der Waals surface area contributed by atoms with Crippen molar-refractivity contribution in [3.63, 3.8) is 0 Å². The van der Waals surface area contributed by atoms with Gasteiger partial charge in [0.2, 0.25) is 11.8 Å². The molecule has 112 valence electrons. The average Bonchev–Trinajstić information content (AvgIpc) is 2.46. The number of hydrogen-bond acceptors (Lipinski definition) is 2. The minimum atomic E-state index is -0.377. The summed E-state index contributed by atoms with van der Waals surface area (Å²) in [5.41, 5.74) is 5.68. The SMILES string of the molecule is CC1CCC(C(N)=O)CN1C(=O)/C=C/c1ccccc1F. The molecule has 0 aromatic heterocycles. The number of carbonyl (C=O) groups is 2. The molecule has 0 saturated carbocycles. The molecule has 0 aliphatic carbocycles. The van der Waals surface area contributed by atoms with Crippen LogP contribution in [-0.4, -0.2) is 29.3 Å². The lowest BCUT2D eigenvalue weighted by molar-refractivity contribution is -0.133. The lowest BCUT2D eigenvalue weighted by atomic mass is 9.93. The van der Waals surface area contributed by atoms with Crippen LogP contribution in [0.1, 0.15) is 25.3 Å². The van der Waals surface area contributed by atoms with E-state index in [0.29, 0.717) is 18.5 Å². The Balaban J connectivity index is 2.08. The first-order valence-corrected chi connectivity index (χ1v) is 7.01. The predicted octanol–water partition coefficient (Wildman–Crippen LogP) is 1.95. The van der Waals surface area contributed by atoms with Crippen LogP contribution in [0.5, 0.6) is 0 Å². The van der Waals surface area contributed by atoms with E-state index < -0.39 is 0 Å². The molecule has 21 heavy (non-hydrogen) atoms. The Hall–Kier alpha value is -2.17. The number of primary amides is 1. The van der Waals surface area contributed by atoms with Crippen molar-refractivity contribution in [1.82, 2.24) is 4.90 Å². The second kappa shape index (κ2) is 6.52. The number of benzene rings is 1. The Labute approximate surface area is 123 Å². The fourth-order valence-electron chi connectivity index (χ4n) is 2.51. The lowest BCUT2D eigenvalue weighted by Gasteiger charge is -2.36. The molecule has 1 saturated heterocycles. The van der Waals surface area contributed by atoms with E-state index in [4.69, 9.17) is 5.73 Å². The number of rotatable bonds is 3. The van der Waals surface area contributed by atoms with Gasteiger partial charge in [0.05, 0.1) is 5.92 Å². The van der Waals surface area contributed by atoms with Gasteiger partial charge in [0.15, 0.2) is 0 Å². The molecule has 2 unspecified atom stereocenters. The fourth-order valence-corrected chi connectivity index (χ4v) is 2.51. The number of amides is 2. The van der Waals surface area contributed by atoms with E-state index in [1.165, 1.54) is 18.2 Å². The molecule has 0 spiro atoms. The van der Waals surface area contributed by atoms with Crippen LogP contribution in [0.4, 0.5) is 4.39 Å². The summed E-state index contributed by atoms with van der Waals surface area (Å²) in [6.45, 7) is 2.27. The van der Waals surface area contributed by atoms with Crippen LogP contribution in [0, 0.1) is 11.7 Å². The second-order valence-electron chi connectivity index (χ2n) is 5.37. The Kier molecular flexibility index (Phi) is 4.73. The molecule has 2 atom stereocenters. The molecular formula is C16H19FN2O2. The Morgan fingerprint density at radius 2 is 2.05 bits per heavy atom. The molecule has 2 N–H and O–H groups in total. The Bertz CT molecular complexity index is 571. The smallest absolute Gasteiger partial charge is 0.246 e. The van der Waals surface area contributed by atoms with Gasteiger partial charge in [0.1, 0.15) is 5.82 Å². The highest BCUT2D eigenvalue weighted by atomic mass is 19.1. The van der Waals surface area contributed by atoms with E-state index in [1.807, 2.05) is 6.92 Å². The number of nitrogens with zero attached hydrogens (tertiary/aromatic N) is 1. The van der Waals surface area contributed by atoms with Crippen molar-refractivity contribution in [2.75, 3.05) is 6.54 Å². The van der Waals surface area contributed by atoms with Crippen LogP contribution in [0.25, 0.3) is 6.08 Å². The first-order valence-electron chi connectivity index (χ1n) is 7.01. The highest BCUT2D eigenvalue weighted by Crippen LogP contribution is 2.22. The molecule has 1 aliphatic rings. The highest BCUT2D eigenvalue weighted by Gasteiger charge is 2.30. The second-order valence-corrected chi connectivity index (χ2v) is 5.37. The van der Waals surface area contributed by atoms with Gasteiger partial charge in [0.25, 0.3) is 0 Å². The zero-order chi connectivity index (χ0) is 15.4. The molecule has 1 fully saturated rings. The highest BCUT2D eigenvalue weighted by molar-refractivity contribution is 5.92.